The van der Waals surface area contributed by atoms with E-state index in [2.05, 4.69) is 4.99 Å². The Morgan fingerprint density at radius 3 is 2.89 bits per heavy atom. The van der Waals surface area contributed by atoms with Gasteiger partial charge in [0.2, 0.25) is 0 Å². The van der Waals surface area contributed by atoms with Crippen LogP contribution in [0.5, 0.6) is 0 Å². The molecule has 6 heteroatoms. The fourth-order valence-corrected chi connectivity index (χ4v) is 3.21. The zero-order chi connectivity index (χ0) is 13.6. The second-order valence-electron chi connectivity index (χ2n) is 4.27. The molecule has 0 aromatic heterocycles. The van der Waals surface area contributed by atoms with Crippen LogP contribution in [0, 0.1) is 5.41 Å². The second kappa shape index (κ2) is 4.17. The molecular formula is C13H10N3O2S+. The first-order valence-electron chi connectivity index (χ1n) is 5.58. The van der Waals surface area contributed by atoms with Crippen molar-refractivity contribution in [2.75, 3.05) is 0 Å². The highest BCUT2D eigenvalue weighted by atomic mass is 32.2. The average Bonchev–Trinajstić information content (AvgIpc) is 2.35. The van der Waals surface area contributed by atoms with Gasteiger partial charge < -0.3 is 10.5 Å². The number of hydrogen-bond acceptors (Lipinski definition) is 4. The highest BCUT2D eigenvalue weighted by Crippen LogP contribution is 2.40. The molecule has 2 aliphatic carbocycles. The Kier molecular flexibility index (Phi) is 2.60. The number of nitrogens with zero attached hydrogens (tertiary/aromatic N) is 1. The topological polar surface area (TPSA) is 99.1 Å². The van der Waals surface area contributed by atoms with Gasteiger partial charge in [-0.3, -0.25) is 10.4 Å². The summed E-state index contributed by atoms with van der Waals surface area (Å²) in [6.45, 7) is 0. The molecule has 0 saturated heterocycles. The summed E-state index contributed by atoms with van der Waals surface area (Å²) in [5.74, 6) is -1.01. The first-order chi connectivity index (χ1) is 9.04. The maximum absolute atomic E-state index is 11.3. The molecule has 1 unspecified atom stereocenters. The van der Waals surface area contributed by atoms with Crippen LogP contribution in [0.2, 0.25) is 0 Å². The molecule has 3 aliphatic rings. The molecule has 3 rings (SSSR count). The number of rotatable bonds is 1. The molecule has 0 fully saturated rings. The summed E-state index contributed by atoms with van der Waals surface area (Å²) in [6, 6.07) is -0.501. The predicted octanol–water partition coefficient (Wildman–Crippen LogP) is 0.125. The second-order valence-corrected chi connectivity index (χ2v) is 5.38. The van der Waals surface area contributed by atoms with Crippen molar-refractivity contribution in [2.24, 2.45) is 4.99 Å². The first kappa shape index (κ1) is 11.9. The molecule has 0 spiro atoms. The van der Waals surface area contributed by atoms with Gasteiger partial charge in [0.1, 0.15) is 6.04 Å². The van der Waals surface area contributed by atoms with E-state index in [4.69, 9.17) is 10.8 Å². The summed E-state index contributed by atoms with van der Waals surface area (Å²) in [5.41, 5.74) is 1.72. The number of aliphatic carboxylic acids is 1. The number of carbonyl (C=O) groups is 1. The third kappa shape index (κ3) is 2.00. The highest BCUT2D eigenvalue weighted by Gasteiger charge is 2.34. The van der Waals surface area contributed by atoms with Gasteiger partial charge in [0.05, 0.1) is 17.0 Å². The van der Waals surface area contributed by atoms with Crippen molar-refractivity contribution in [3.8, 4) is 0 Å². The van der Waals surface area contributed by atoms with Crippen LogP contribution >= 0.6 is 11.8 Å². The van der Waals surface area contributed by atoms with E-state index >= 15 is 0 Å². The van der Waals surface area contributed by atoms with Crippen LogP contribution in [0.15, 0.2) is 50.8 Å². The maximum Gasteiger partial charge on any atom is 0.334 e. The van der Waals surface area contributed by atoms with Gasteiger partial charge in [0.25, 0.3) is 0 Å². The number of nitrogens with one attached hydrogen (secondary N) is 1. The number of thioether (sulfide) groups is 1. The van der Waals surface area contributed by atoms with Crippen LogP contribution in [-0.2, 0) is 4.79 Å². The predicted molar refractivity (Wildman–Crippen MR) is 74.5 cm³/mol. The van der Waals surface area contributed by atoms with E-state index in [9.17, 15) is 9.90 Å². The van der Waals surface area contributed by atoms with Crippen molar-refractivity contribution in [3.05, 3.63) is 45.8 Å². The molecule has 5 nitrogen and oxygen atoms in total. The van der Waals surface area contributed by atoms with Crippen molar-refractivity contribution in [3.63, 3.8) is 0 Å². The standard InChI is InChI=1S/C13H9N3O2S/c14-6-1-2-9-10(4-6)19-11-5-7(15)3-8(13(17)18)12(11)16-9/h1-5,12,14-15H,(H,17,18)/p+1. The summed E-state index contributed by atoms with van der Waals surface area (Å²) < 4.78 is 0. The fourth-order valence-electron chi connectivity index (χ4n) is 2.06. The minimum absolute atomic E-state index is 0.183. The van der Waals surface area contributed by atoms with Gasteiger partial charge in [-0.05, 0) is 18.2 Å². The molecule has 1 aliphatic heterocycles. The van der Waals surface area contributed by atoms with Crippen LogP contribution in [0.4, 0.5) is 0 Å². The number of nitrogens with two attached hydrogens (primary N) is 1. The quantitative estimate of drug-likeness (QED) is 0.591. The van der Waals surface area contributed by atoms with Crippen molar-refractivity contribution in [2.45, 2.75) is 6.04 Å². The van der Waals surface area contributed by atoms with Gasteiger partial charge in [-0.25, -0.2) is 4.79 Å². The first-order valence-corrected chi connectivity index (χ1v) is 6.39. The molecular weight excluding hydrogens is 262 g/mol. The molecule has 0 aromatic rings. The number of carboxylic acids is 1. The monoisotopic (exact) mass is 272 g/mol. The lowest BCUT2D eigenvalue weighted by atomic mass is 9.98. The third-order valence-corrected chi connectivity index (χ3v) is 4.02. The summed E-state index contributed by atoms with van der Waals surface area (Å²) >= 11 is 1.42. The van der Waals surface area contributed by atoms with Gasteiger partial charge in [0.15, 0.2) is 5.71 Å². The Balaban J connectivity index is 2.10. The van der Waals surface area contributed by atoms with E-state index in [1.807, 2.05) is 0 Å². The van der Waals surface area contributed by atoms with Gasteiger partial charge in [-0.1, -0.05) is 11.8 Å². The van der Waals surface area contributed by atoms with Crippen LogP contribution in [0.25, 0.3) is 0 Å². The third-order valence-electron chi connectivity index (χ3n) is 2.90. The summed E-state index contributed by atoms with van der Waals surface area (Å²) in [6.07, 6.45) is 8.29. The zero-order valence-electron chi connectivity index (χ0n) is 9.75. The Morgan fingerprint density at radius 2 is 2.16 bits per heavy atom. The zero-order valence-corrected chi connectivity index (χ0v) is 10.6. The smallest absolute Gasteiger partial charge is 0.334 e. The van der Waals surface area contributed by atoms with Gasteiger partial charge in [-0.2, -0.15) is 0 Å². The van der Waals surface area contributed by atoms with Crippen molar-refractivity contribution in [1.29, 1.82) is 5.41 Å². The maximum atomic E-state index is 11.3. The van der Waals surface area contributed by atoms with Crippen LogP contribution in [-0.4, -0.2) is 34.3 Å². The summed E-state index contributed by atoms with van der Waals surface area (Å²) in [7, 11) is 0. The largest absolute Gasteiger partial charge is 0.478 e. The van der Waals surface area contributed by atoms with Gasteiger partial charge >= 0.3 is 5.97 Å². The molecule has 19 heavy (non-hydrogen) atoms. The van der Waals surface area contributed by atoms with Crippen LogP contribution in [0.3, 0.4) is 0 Å². The SMILES string of the molecule is N=C1C=CC2=NC3C(=CC(=[NH2+])C=C3C(=O)O)SC2=C1. The molecule has 0 saturated carbocycles. The fraction of sp³-hybridized carbons (Fsp3) is 0.0769. The minimum Gasteiger partial charge on any atom is -0.478 e. The van der Waals surface area contributed by atoms with Crippen LogP contribution < -0.4 is 5.41 Å². The van der Waals surface area contributed by atoms with E-state index in [0.29, 0.717) is 11.4 Å². The van der Waals surface area contributed by atoms with E-state index in [1.165, 1.54) is 17.8 Å². The lowest BCUT2D eigenvalue weighted by Gasteiger charge is -2.27. The molecule has 1 atom stereocenters. The Bertz CT molecular complexity index is 680. The van der Waals surface area contributed by atoms with Crippen molar-refractivity contribution < 1.29 is 15.3 Å². The van der Waals surface area contributed by atoms with E-state index in [1.54, 1.807) is 24.3 Å². The minimum atomic E-state index is -1.01. The lowest BCUT2D eigenvalue weighted by molar-refractivity contribution is -0.133. The summed E-state index contributed by atoms with van der Waals surface area (Å²) in [4.78, 5) is 17.4. The van der Waals surface area contributed by atoms with E-state index in [-0.39, 0.29) is 5.57 Å². The number of carboxylic acid groups (broad SMARTS) is 1. The molecule has 94 valence electrons. The van der Waals surface area contributed by atoms with E-state index in [0.717, 1.165) is 15.5 Å². The lowest BCUT2D eigenvalue weighted by Crippen LogP contribution is -2.41. The number of allylic oxidation sites excluding steroid dienone is 6. The molecule has 0 bridgehead atoms. The summed E-state index contributed by atoms with van der Waals surface area (Å²) in [5, 5.41) is 22.6. The highest BCUT2D eigenvalue weighted by molar-refractivity contribution is 8.07. The Morgan fingerprint density at radius 1 is 1.37 bits per heavy atom. The number of aliphatic imine (C=N–C) groups is 1. The van der Waals surface area contributed by atoms with Gasteiger partial charge in [-0.15, -0.1) is 0 Å². The molecule has 0 amide bonds. The van der Waals surface area contributed by atoms with E-state index < -0.39 is 12.0 Å². The molecule has 1 heterocycles. The Hall–Kier alpha value is -2.21. The Labute approximate surface area is 113 Å². The normalized spacial score (nSPS) is 24.7. The average molecular weight is 272 g/mol. The molecule has 4 N–H and O–H groups in total. The van der Waals surface area contributed by atoms with Crippen molar-refractivity contribution in [1.82, 2.24) is 0 Å². The molecule has 0 radical (unpaired) electrons. The number of hydrogen-bond donors (Lipinski definition) is 3. The number of fused-ring (bicyclic) bond motifs is 2. The van der Waals surface area contributed by atoms with Gasteiger partial charge in [0, 0.05) is 22.0 Å². The van der Waals surface area contributed by atoms with Crippen LogP contribution in [0.1, 0.15) is 0 Å². The van der Waals surface area contributed by atoms with Crippen molar-refractivity contribution >= 4 is 34.9 Å². The molecule has 0 aromatic carbocycles.